The van der Waals surface area contributed by atoms with Gasteiger partial charge in [0, 0.05) is 19.0 Å². The van der Waals surface area contributed by atoms with Crippen molar-refractivity contribution in [1.82, 2.24) is 5.32 Å². The molecule has 0 saturated carbocycles. The molecule has 0 fully saturated rings. The summed E-state index contributed by atoms with van der Waals surface area (Å²) in [6.45, 7) is 7.38. The lowest BCUT2D eigenvalue weighted by Gasteiger charge is -2.07. The molecular formula is C13H20ClNO. The fourth-order valence-electron chi connectivity index (χ4n) is 1.45. The summed E-state index contributed by atoms with van der Waals surface area (Å²) in [6.07, 6.45) is 0. The Labute approximate surface area is 103 Å². The lowest BCUT2D eigenvalue weighted by molar-refractivity contribution is 0.151. The van der Waals surface area contributed by atoms with Gasteiger partial charge in [-0.1, -0.05) is 18.2 Å². The van der Waals surface area contributed by atoms with Crippen LogP contribution in [0.5, 0.6) is 0 Å². The molecule has 0 aliphatic rings. The van der Waals surface area contributed by atoms with Gasteiger partial charge >= 0.3 is 0 Å². The van der Waals surface area contributed by atoms with Crippen LogP contribution in [0.4, 0.5) is 0 Å². The molecule has 0 radical (unpaired) electrons. The van der Waals surface area contributed by atoms with Crippen LogP contribution < -0.4 is 5.32 Å². The van der Waals surface area contributed by atoms with E-state index in [2.05, 4.69) is 37.4 Å². The molecule has 3 heteroatoms. The molecule has 0 aliphatic carbocycles. The molecular weight excluding hydrogens is 222 g/mol. The van der Waals surface area contributed by atoms with Gasteiger partial charge < -0.3 is 10.1 Å². The molecule has 0 spiro atoms. The molecule has 0 aromatic heterocycles. The molecule has 1 aromatic carbocycles. The molecule has 1 N–H and O–H groups in total. The Morgan fingerprint density at radius 3 is 2.69 bits per heavy atom. The number of hydrogen-bond acceptors (Lipinski definition) is 2. The Balaban J connectivity index is 2.19. The third kappa shape index (κ3) is 4.97. The van der Waals surface area contributed by atoms with Crippen molar-refractivity contribution in [2.24, 2.45) is 0 Å². The Bertz CT molecular complexity index is 315. The number of benzene rings is 1. The zero-order valence-electron chi connectivity index (χ0n) is 10.1. The zero-order valence-corrected chi connectivity index (χ0v) is 10.8. The number of nitrogens with one attached hydrogen (secondary N) is 1. The average Bonchev–Trinajstić information content (AvgIpc) is 2.28. The molecule has 1 rings (SSSR count). The summed E-state index contributed by atoms with van der Waals surface area (Å²) in [4.78, 5) is 0. The second-order valence-electron chi connectivity index (χ2n) is 3.90. The minimum Gasteiger partial charge on any atom is -0.379 e. The van der Waals surface area contributed by atoms with Crippen molar-refractivity contribution >= 4 is 11.6 Å². The van der Waals surface area contributed by atoms with E-state index in [-0.39, 0.29) is 0 Å². The third-order valence-corrected chi connectivity index (χ3v) is 2.70. The maximum absolute atomic E-state index is 5.50. The summed E-state index contributed by atoms with van der Waals surface area (Å²) in [5, 5.41) is 3.34. The number of ether oxygens (including phenoxy) is 1. The van der Waals surface area contributed by atoms with Gasteiger partial charge in [-0.3, -0.25) is 0 Å². The summed E-state index contributed by atoms with van der Waals surface area (Å²) in [6, 6.07) is 6.55. The second-order valence-corrected chi connectivity index (χ2v) is 4.27. The van der Waals surface area contributed by atoms with Crippen molar-refractivity contribution < 1.29 is 4.74 Å². The minimum atomic E-state index is 0.567. The van der Waals surface area contributed by atoms with Gasteiger partial charge in [-0.05, 0) is 30.5 Å². The van der Waals surface area contributed by atoms with Gasteiger partial charge in [-0.2, -0.15) is 0 Å². The molecule has 0 bridgehead atoms. The maximum atomic E-state index is 5.50. The van der Waals surface area contributed by atoms with Crippen LogP contribution >= 0.6 is 11.6 Å². The van der Waals surface area contributed by atoms with E-state index < -0.39 is 0 Å². The Hall–Kier alpha value is -0.570. The normalized spacial score (nSPS) is 10.7. The van der Waals surface area contributed by atoms with Crippen LogP contribution in [0.3, 0.4) is 0 Å². The van der Waals surface area contributed by atoms with Crippen LogP contribution in [-0.4, -0.2) is 25.6 Å². The van der Waals surface area contributed by atoms with E-state index >= 15 is 0 Å². The SMILES string of the molecule is Cc1ccc(CNCCOCCCl)cc1C. The summed E-state index contributed by atoms with van der Waals surface area (Å²) in [5.74, 6) is 0.567. The summed E-state index contributed by atoms with van der Waals surface area (Å²) in [5.41, 5.74) is 4.01. The van der Waals surface area contributed by atoms with Crippen LogP contribution in [0, 0.1) is 13.8 Å². The molecule has 0 unspecified atom stereocenters. The first kappa shape index (κ1) is 13.5. The van der Waals surface area contributed by atoms with Gasteiger partial charge in [0.25, 0.3) is 0 Å². The number of rotatable bonds is 7. The highest BCUT2D eigenvalue weighted by molar-refractivity contribution is 6.17. The Kier molecular flexibility index (Phi) is 6.46. The number of aryl methyl sites for hydroxylation is 2. The van der Waals surface area contributed by atoms with Crippen molar-refractivity contribution in [3.05, 3.63) is 34.9 Å². The zero-order chi connectivity index (χ0) is 11.8. The van der Waals surface area contributed by atoms with Crippen LogP contribution in [-0.2, 0) is 11.3 Å². The van der Waals surface area contributed by atoms with E-state index in [0.717, 1.165) is 19.7 Å². The van der Waals surface area contributed by atoms with E-state index in [1.807, 2.05) is 0 Å². The summed E-state index contributed by atoms with van der Waals surface area (Å²) in [7, 11) is 0. The molecule has 1 aromatic rings. The van der Waals surface area contributed by atoms with Gasteiger partial charge in [0.2, 0.25) is 0 Å². The van der Waals surface area contributed by atoms with E-state index in [0.29, 0.717) is 12.5 Å². The first-order valence-corrected chi connectivity index (χ1v) is 6.18. The van der Waals surface area contributed by atoms with Crippen LogP contribution in [0.2, 0.25) is 0 Å². The topological polar surface area (TPSA) is 21.3 Å². The highest BCUT2D eigenvalue weighted by Gasteiger charge is 1.96. The molecule has 90 valence electrons. The monoisotopic (exact) mass is 241 g/mol. The van der Waals surface area contributed by atoms with Crippen LogP contribution in [0.25, 0.3) is 0 Å². The van der Waals surface area contributed by atoms with Gasteiger partial charge in [0.1, 0.15) is 0 Å². The van der Waals surface area contributed by atoms with Crippen molar-refractivity contribution in [3.8, 4) is 0 Å². The first-order valence-electron chi connectivity index (χ1n) is 5.64. The summed E-state index contributed by atoms with van der Waals surface area (Å²) < 4.78 is 5.27. The highest BCUT2D eigenvalue weighted by Crippen LogP contribution is 2.09. The van der Waals surface area contributed by atoms with Gasteiger partial charge in [0.15, 0.2) is 0 Å². The molecule has 0 atom stereocenters. The van der Waals surface area contributed by atoms with Crippen molar-refractivity contribution in [1.29, 1.82) is 0 Å². The van der Waals surface area contributed by atoms with E-state index in [1.54, 1.807) is 0 Å². The Morgan fingerprint density at radius 1 is 1.19 bits per heavy atom. The fraction of sp³-hybridized carbons (Fsp3) is 0.538. The molecule has 0 saturated heterocycles. The Morgan fingerprint density at radius 2 is 2.00 bits per heavy atom. The predicted octanol–water partition coefficient (Wildman–Crippen LogP) is 2.65. The fourth-order valence-corrected chi connectivity index (χ4v) is 1.56. The van der Waals surface area contributed by atoms with Gasteiger partial charge in [0.05, 0.1) is 13.2 Å². The highest BCUT2D eigenvalue weighted by atomic mass is 35.5. The van der Waals surface area contributed by atoms with Crippen LogP contribution in [0.15, 0.2) is 18.2 Å². The smallest absolute Gasteiger partial charge is 0.0602 e. The second kappa shape index (κ2) is 7.66. The number of halogens is 1. The van der Waals surface area contributed by atoms with Crippen LogP contribution in [0.1, 0.15) is 16.7 Å². The minimum absolute atomic E-state index is 0.567. The summed E-state index contributed by atoms with van der Waals surface area (Å²) >= 11 is 5.50. The van der Waals surface area contributed by atoms with Crippen molar-refractivity contribution in [2.45, 2.75) is 20.4 Å². The van der Waals surface area contributed by atoms with Gasteiger partial charge in [-0.25, -0.2) is 0 Å². The quantitative estimate of drug-likeness (QED) is 0.586. The maximum Gasteiger partial charge on any atom is 0.0602 e. The largest absolute Gasteiger partial charge is 0.379 e. The number of alkyl halides is 1. The third-order valence-electron chi connectivity index (χ3n) is 2.55. The van der Waals surface area contributed by atoms with E-state index in [9.17, 15) is 0 Å². The predicted molar refractivity (Wildman–Crippen MR) is 69.2 cm³/mol. The van der Waals surface area contributed by atoms with Crippen molar-refractivity contribution in [2.75, 3.05) is 25.6 Å². The van der Waals surface area contributed by atoms with E-state index in [1.165, 1.54) is 16.7 Å². The van der Waals surface area contributed by atoms with Gasteiger partial charge in [-0.15, -0.1) is 11.6 Å². The van der Waals surface area contributed by atoms with Crippen molar-refractivity contribution in [3.63, 3.8) is 0 Å². The lowest BCUT2D eigenvalue weighted by Crippen LogP contribution is -2.19. The standard InChI is InChI=1S/C13H20ClNO/c1-11-3-4-13(9-12(11)2)10-15-6-8-16-7-5-14/h3-4,9,15H,5-8,10H2,1-2H3. The lowest BCUT2D eigenvalue weighted by atomic mass is 10.1. The molecule has 0 aliphatic heterocycles. The molecule has 0 heterocycles. The molecule has 2 nitrogen and oxygen atoms in total. The molecule has 0 amide bonds. The first-order chi connectivity index (χ1) is 7.74. The average molecular weight is 242 g/mol. The van der Waals surface area contributed by atoms with E-state index in [4.69, 9.17) is 16.3 Å². The molecule has 16 heavy (non-hydrogen) atoms. The number of hydrogen-bond donors (Lipinski definition) is 1.